The van der Waals surface area contributed by atoms with Crippen molar-refractivity contribution in [3.8, 4) is 5.75 Å². The molecule has 2 amide bonds. The molecule has 1 aliphatic heterocycles. The molecule has 0 atom stereocenters. The van der Waals surface area contributed by atoms with Crippen molar-refractivity contribution in [1.29, 1.82) is 0 Å². The van der Waals surface area contributed by atoms with Gasteiger partial charge in [0.1, 0.15) is 11.4 Å². The van der Waals surface area contributed by atoms with Crippen LogP contribution >= 0.6 is 0 Å². The van der Waals surface area contributed by atoms with E-state index in [1.807, 2.05) is 106 Å². The molecular weight excluding hydrogens is 436 g/mol. The highest BCUT2D eigenvalue weighted by Crippen LogP contribution is 2.38. The first-order valence-electron chi connectivity index (χ1n) is 11.7. The highest BCUT2D eigenvalue weighted by molar-refractivity contribution is 6.47. The van der Waals surface area contributed by atoms with Gasteiger partial charge in [0.25, 0.3) is 11.8 Å². The van der Waals surface area contributed by atoms with Crippen LogP contribution in [-0.4, -0.2) is 18.4 Å². The van der Waals surface area contributed by atoms with Gasteiger partial charge in [-0.3, -0.25) is 9.59 Å². The second-order valence-electron chi connectivity index (χ2n) is 8.60. The highest BCUT2D eigenvalue weighted by atomic mass is 16.5. The predicted molar refractivity (Wildman–Crippen MR) is 141 cm³/mol. The third kappa shape index (κ3) is 4.06. The van der Waals surface area contributed by atoms with Crippen LogP contribution < -0.4 is 15.0 Å². The summed E-state index contributed by atoms with van der Waals surface area (Å²) in [7, 11) is 0. The van der Waals surface area contributed by atoms with E-state index in [2.05, 4.69) is 5.32 Å². The molecule has 5 nitrogen and oxygen atoms in total. The lowest BCUT2D eigenvalue weighted by molar-refractivity contribution is -0.120. The number of fused-ring (bicyclic) bond motifs is 1. The van der Waals surface area contributed by atoms with Gasteiger partial charge < -0.3 is 10.1 Å². The van der Waals surface area contributed by atoms with Gasteiger partial charge in [-0.05, 0) is 55.5 Å². The minimum atomic E-state index is -0.386. The number of rotatable bonds is 6. The maximum Gasteiger partial charge on any atom is 0.282 e. The number of carbonyl (C=O) groups excluding carboxylic acids is 2. The second kappa shape index (κ2) is 9.11. The molecule has 5 rings (SSSR count). The first-order valence-corrected chi connectivity index (χ1v) is 11.7. The van der Waals surface area contributed by atoms with Crippen LogP contribution in [0.3, 0.4) is 0 Å². The van der Waals surface area contributed by atoms with Gasteiger partial charge in [-0.15, -0.1) is 0 Å². The Morgan fingerprint density at radius 3 is 2.40 bits per heavy atom. The van der Waals surface area contributed by atoms with Crippen LogP contribution in [0.1, 0.15) is 23.6 Å². The third-order valence-corrected chi connectivity index (χ3v) is 6.16. The van der Waals surface area contributed by atoms with Crippen LogP contribution in [0.5, 0.6) is 5.75 Å². The Bertz CT molecular complexity index is 1500. The molecule has 35 heavy (non-hydrogen) atoms. The molecule has 0 saturated heterocycles. The van der Waals surface area contributed by atoms with Crippen LogP contribution in [0, 0.1) is 13.8 Å². The maximum absolute atomic E-state index is 14.0. The quantitative estimate of drug-likeness (QED) is 0.344. The molecule has 1 aliphatic rings. The monoisotopic (exact) mass is 462 g/mol. The fourth-order valence-corrected chi connectivity index (χ4v) is 4.59. The Hall–Kier alpha value is -4.38. The molecule has 0 radical (unpaired) electrons. The molecule has 0 aromatic heterocycles. The number of amides is 2. The van der Waals surface area contributed by atoms with E-state index in [0.717, 1.165) is 27.5 Å². The number of imide groups is 1. The van der Waals surface area contributed by atoms with E-state index >= 15 is 0 Å². The Morgan fingerprint density at radius 2 is 1.60 bits per heavy atom. The average Bonchev–Trinajstić information content (AvgIpc) is 3.08. The third-order valence-electron chi connectivity index (χ3n) is 6.16. The van der Waals surface area contributed by atoms with Crippen molar-refractivity contribution in [2.45, 2.75) is 20.8 Å². The van der Waals surface area contributed by atoms with Crippen LogP contribution in [0.4, 0.5) is 11.4 Å². The average molecular weight is 463 g/mol. The van der Waals surface area contributed by atoms with Crippen molar-refractivity contribution in [3.63, 3.8) is 0 Å². The lowest BCUT2D eigenvalue weighted by Crippen LogP contribution is -2.32. The Kier molecular flexibility index (Phi) is 5.83. The molecular formula is C30H26N2O3. The van der Waals surface area contributed by atoms with E-state index in [4.69, 9.17) is 4.74 Å². The lowest BCUT2D eigenvalue weighted by atomic mass is 9.97. The van der Waals surface area contributed by atoms with Crippen LogP contribution in [0.25, 0.3) is 16.3 Å². The number of hydrogen-bond donors (Lipinski definition) is 1. The number of nitrogens with zero attached hydrogens (tertiary/aromatic N) is 1. The normalized spacial score (nSPS) is 13.6. The number of benzene rings is 4. The molecule has 1 N–H and O–H groups in total. The summed E-state index contributed by atoms with van der Waals surface area (Å²) >= 11 is 0. The summed E-state index contributed by atoms with van der Waals surface area (Å²) in [5, 5.41) is 5.05. The van der Waals surface area contributed by atoms with Crippen molar-refractivity contribution >= 4 is 39.5 Å². The van der Waals surface area contributed by atoms with Crippen molar-refractivity contribution in [2.75, 3.05) is 16.8 Å². The van der Waals surface area contributed by atoms with Crippen LogP contribution in [0.15, 0.2) is 90.6 Å². The molecule has 0 saturated carbocycles. The summed E-state index contributed by atoms with van der Waals surface area (Å²) in [6, 6.07) is 26.7. The summed E-state index contributed by atoms with van der Waals surface area (Å²) in [5.41, 5.74) is 4.62. The fraction of sp³-hybridized carbons (Fsp3) is 0.133. The first-order chi connectivity index (χ1) is 17.0. The SMILES string of the molecule is CCOc1cccc(NC2=C(c3ccc(C)cc3C)C(=O)N(c3cccc4ccccc34)C2=O)c1. The van der Waals surface area contributed by atoms with E-state index in [0.29, 0.717) is 29.3 Å². The van der Waals surface area contributed by atoms with Gasteiger partial charge >= 0.3 is 0 Å². The minimum absolute atomic E-state index is 0.253. The summed E-state index contributed by atoms with van der Waals surface area (Å²) in [5.74, 6) is -0.0428. The number of carbonyl (C=O) groups is 2. The van der Waals surface area contributed by atoms with Crippen molar-refractivity contribution in [3.05, 3.63) is 107 Å². The summed E-state index contributed by atoms with van der Waals surface area (Å²) in [4.78, 5) is 29.1. The summed E-state index contributed by atoms with van der Waals surface area (Å²) in [6.07, 6.45) is 0. The molecule has 0 aliphatic carbocycles. The molecule has 1 heterocycles. The number of anilines is 2. The summed E-state index contributed by atoms with van der Waals surface area (Å²) in [6.45, 7) is 6.42. The zero-order valence-electron chi connectivity index (χ0n) is 20.0. The lowest BCUT2D eigenvalue weighted by Gasteiger charge is -2.18. The van der Waals surface area contributed by atoms with Crippen LogP contribution in [-0.2, 0) is 9.59 Å². The molecule has 0 unspecified atom stereocenters. The maximum atomic E-state index is 14.0. The Morgan fingerprint density at radius 1 is 0.829 bits per heavy atom. The van der Waals surface area contributed by atoms with Crippen molar-refractivity contribution in [2.24, 2.45) is 0 Å². The smallest absolute Gasteiger partial charge is 0.282 e. The molecule has 0 fully saturated rings. The molecule has 0 bridgehead atoms. The van der Waals surface area contributed by atoms with Gasteiger partial charge in [-0.25, -0.2) is 4.90 Å². The molecule has 0 spiro atoms. The zero-order valence-corrected chi connectivity index (χ0v) is 20.0. The standard InChI is InChI=1S/C30H26N2O3/c1-4-35-23-12-8-11-22(18-23)31-28-27(24-16-15-19(2)17-20(24)3)29(33)32(30(28)34)26-14-7-10-21-9-5-6-13-25(21)26/h5-18,31H,4H2,1-3H3. The van der Waals surface area contributed by atoms with Gasteiger partial charge in [-0.2, -0.15) is 0 Å². The van der Waals surface area contributed by atoms with Gasteiger partial charge in [-0.1, -0.05) is 66.2 Å². The number of nitrogens with one attached hydrogen (secondary N) is 1. The molecule has 4 aromatic carbocycles. The van der Waals surface area contributed by atoms with Crippen LogP contribution in [0.2, 0.25) is 0 Å². The Balaban J connectivity index is 1.66. The minimum Gasteiger partial charge on any atom is -0.494 e. The van der Waals surface area contributed by atoms with E-state index in [1.54, 1.807) is 0 Å². The molecule has 174 valence electrons. The van der Waals surface area contributed by atoms with Gasteiger partial charge in [0.05, 0.1) is 17.9 Å². The van der Waals surface area contributed by atoms with Gasteiger partial charge in [0.15, 0.2) is 0 Å². The van der Waals surface area contributed by atoms with Gasteiger partial charge in [0, 0.05) is 17.1 Å². The van der Waals surface area contributed by atoms with Crippen molar-refractivity contribution < 1.29 is 14.3 Å². The van der Waals surface area contributed by atoms with Crippen molar-refractivity contribution in [1.82, 2.24) is 0 Å². The largest absolute Gasteiger partial charge is 0.494 e. The van der Waals surface area contributed by atoms with Gasteiger partial charge in [0.2, 0.25) is 0 Å². The zero-order chi connectivity index (χ0) is 24.5. The fourth-order valence-electron chi connectivity index (χ4n) is 4.59. The number of ether oxygens (including phenoxy) is 1. The highest BCUT2D eigenvalue weighted by Gasteiger charge is 2.41. The van der Waals surface area contributed by atoms with E-state index in [9.17, 15) is 9.59 Å². The number of aryl methyl sites for hydroxylation is 2. The second-order valence-corrected chi connectivity index (χ2v) is 8.60. The molecule has 4 aromatic rings. The first kappa shape index (κ1) is 22.4. The Labute approximate surface area is 204 Å². The topological polar surface area (TPSA) is 58.6 Å². The number of hydrogen-bond acceptors (Lipinski definition) is 4. The predicted octanol–water partition coefficient (Wildman–Crippen LogP) is 6.25. The van der Waals surface area contributed by atoms with E-state index in [1.165, 1.54) is 4.90 Å². The summed E-state index contributed by atoms with van der Waals surface area (Å²) < 4.78 is 5.62. The van der Waals surface area contributed by atoms with E-state index < -0.39 is 0 Å². The van der Waals surface area contributed by atoms with E-state index in [-0.39, 0.29) is 17.5 Å². The molecule has 5 heteroatoms.